The van der Waals surface area contributed by atoms with Crippen molar-refractivity contribution in [2.24, 2.45) is 0 Å². The minimum absolute atomic E-state index is 0.0401. The Bertz CT molecular complexity index is 801. The van der Waals surface area contributed by atoms with Crippen LogP contribution >= 0.6 is 15.9 Å². The zero-order chi connectivity index (χ0) is 16.3. The number of rotatable bonds is 4. The number of halogens is 1. The molecule has 116 valence electrons. The highest BCUT2D eigenvalue weighted by molar-refractivity contribution is 9.10. The number of sulfonamides is 1. The summed E-state index contributed by atoms with van der Waals surface area (Å²) in [7, 11) is -2.55. The fourth-order valence-corrected chi connectivity index (χ4v) is 3.46. The molecular weight excluding hydrogens is 370 g/mol. The molecule has 0 aromatic heterocycles. The summed E-state index contributed by atoms with van der Waals surface area (Å²) in [5.74, 6) is -0.583. The molecule has 0 radical (unpaired) electrons. The van der Waals surface area contributed by atoms with E-state index in [-0.39, 0.29) is 10.5 Å². The van der Waals surface area contributed by atoms with Gasteiger partial charge in [-0.05, 0) is 48.9 Å². The van der Waals surface area contributed by atoms with Crippen LogP contribution in [0.1, 0.15) is 15.9 Å². The van der Waals surface area contributed by atoms with Crippen LogP contribution in [-0.4, -0.2) is 21.5 Å². The van der Waals surface area contributed by atoms with E-state index in [4.69, 9.17) is 0 Å². The summed E-state index contributed by atoms with van der Waals surface area (Å²) in [6, 6.07) is 11.2. The summed E-state index contributed by atoms with van der Waals surface area (Å²) in [5.41, 5.74) is 1.16. The summed E-state index contributed by atoms with van der Waals surface area (Å²) >= 11 is 3.29. The fraction of sp³-hybridized carbons (Fsp3) is 0.133. The van der Waals surface area contributed by atoms with E-state index >= 15 is 0 Å². The molecule has 2 rings (SSSR count). The fourth-order valence-electron chi connectivity index (χ4n) is 1.86. The van der Waals surface area contributed by atoms with Gasteiger partial charge in [-0.2, -0.15) is 0 Å². The second-order valence-electron chi connectivity index (χ2n) is 4.58. The molecule has 0 fully saturated rings. The lowest BCUT2D eigenvalue weighted by Crippen LogP contribution is -2.15. The molecular formula is C15H14BrNO4S. The van der Waals surface area contributed by atoms with Gasteiger partial charge in [0.05, 0.1) is 17.6 Å². The molecule has 1 N–H and O–H groups in total. The van der Waals surface area contributed by atoms with Crippen LogP contribution in [-0.2, 0) is 14.8 Å². The number of benzene rings is 2. The standard InChI is InChI=1S/C15H14BrNO4S/c1-10-3-4-11(15(18)21-2)9-14(10)22(19,20)17-13-7-5-12(16)6-8-13/h3-9,17H,1-2H3. The first-order chi connectivity index (χ1) is 10.3. The average Bonchev–Trinajstić information content (AvgIpc) is 2.49. The van der Waals surface area contributed by atoms with Crippen molar-refractivity contribution < 1.29 is 17.9 Å². The van der Waals surface area contributed by atoms with Crippen LogP contribution in [0.4, 0.5) is 5.69 Å². The van der Waals surface area contributed by atoms with Crippen LogP contribution in [0.5, 0.6) is 0 Å². The lowest BCUT2D eigenvalue weighted by Gasteiger charge is -2.11. The molecule has 2 aromatic rings. The minimum Gasteiger partial charge on any atom is -0.465 e. The Hall–Kier alpha value is -1.86. The molecule has 0 spiro atoms. The molecule has 0 aliphatic rings. The van der Waals surface area contributed by atoms with Gasteiger partial charge in [-0.3, -0.25) is 4.72 Å². The lowest BCUT2D eigenvalue weighted by atomic mass is 10.1. The first kappa shape index (κ1) is 16.5. The molecule has 22 heavy (non-hydrogen) atoms. The molecule has 0 amide bonds. The molecule has 0 bridgehead atoms. The van der Waals surface area contributed by atoms with Gasteiger partial charge < -0.3 is 4.74 Å². The zero-order valence-electron chi connectivity index (χ0n) is 12.0. The van der Waals surface area contributed by atoms with Crippen molar-refractivity contribution in [1.29, 1.82) is 0 Å². The van der Waals surface area contributed by atoms with Crippen molar-refractivity contribution in [2.75, 3.05) is 11.8 Å². The molecule has 0 saturated heterocycles. The molecule has 0 aliphatic carbocycles. The van der Waals surface area contributed by atoms with Gasteiger partial charge in [0.1, 0.15) is 0 Å². The van der Waals surface area contributed by atoms with Gasteiger partial charge >= 0.3 is 5.97 Å². The first-order valence-corrected chi connectivity index (χ1v) is 8.58. The van der Waals surface area contributed by atoms with E-state index < -0.39 is 16.0 Å². The second kappa shape index (κ2) is 6.50. The van der Waals surface area contributed by atoms with E-state index in [2.05, 4.69) is 25.4 Å². The number of methoxy groups -OCH3 is 1. The van der Waals surface area contributed by atoms with Gasteiger partial charge in [0.25, 0.3) is 10.0 Å². The molecule has 0 saturated carbocycles. The SMILES string of the molecule is COC(=O)c1ccc(C)c(S(=O)(=O)Nc2ccc(Br)cc2)c1. The van der Waals surface area contributed by atoms with E-state index in [1.165, 1.54) is 19.2 Å². The zero-order valence-corrected chi connectivity index (χ0v) is 14.4. The number of anilines is 1. The lowest BCUT2D eigenvalue weighted by molar-refractivity contribution is 0.0600. The highest BCUT2D eigenvalue weighted by Gasteiger charge is 2.19. The highest BCUT2D eigenvalue weighted by Crippen LogP contribution is 2.22. The Kier molecular flexibility index (Phi) is 4.87. The number of hydrogen-bond donors (Lipinski definition) is 1. The van der Waals surface area contributed by atoms with Gasteiger partial charge in [-0.1, -0.05) is 22.0 Å². The van der Waals surface area contributed by atoms with Crippen molar-refractivity contribution >= 4 is 37.6 Å². The Morgan fingerprint density at radius 2 is 1.77 bits per heavy atom. The maximum Gasteiger partial charge on any atom is 0.337 e. The van der Waals surface area contributed by atoms with Crippen LogP contribution < -0.4 is 4.72 Å². The van der Waals surface area contributed by atoms with Gasteiger partial charge in [0.15, 0.2) is 0 Å². The normalized spacial score (nSPS) is 11.0. The van der Waals surface area contributed by atoms with Crippen molar-refractivity contribution in [3.63, 3.8) is 0 Å². The largest absolute Gasteiger partial charge is 0.465 e. The predicted octanol–water partition coefficient (Wildman–Crippen LogP) is 3.34. The number of carbonyl (C=O) groups excluding carboxylic acids is 1. The first-order valence-electron chi connectivity index (χ1n) is 6.31. The Morgan fingerprint density at radius 3 is 2.36 bits per heavy atom. The number of esters is 1. The summed E-state index contributed by atoms with van der Waals surface area (Å²) < 4.78 is 32.9. The van der Waals surface area contributed by atoms with Crippen LogP contribution in [0.2, 0.25) is 0 Å². The maximum absolute atomic E-state index is 12.5. The number of hydrogen-bond acceptors (Lipinski definition) is 4. The third kappa shape index (κ3) is 3.66. The van der Waals surface area contributed by atoms with E-state index in [0.717, 1.165) is 4.47 Å². The quantitative estimate of drug-likeness (QED) is 0.821. The summed E-state index contributed by atoms with van der Waals surface area (Å²) in [4.78, 5) is 11.6. The summed E-state index contributed by atoms with van der Waals surface area (Å²) in [6.45, 7) is 1.66. The van der Waals surface area contributed by atoms with Crippen LogP contribution in [0.25, 0.3) is 0 Å². The summed E-state index contributed by atoms with van der Waals surface area (Å²) in [6.07, 6.45) is 0. The van der Waals surface area contributed by atoms with Crippen LogP contribution in [0.3, 0.4) is 0 Å². The molecule has 2 aromatic carbocycles. The molecule has 5 nitrogen and oxygen atoms in total. The third-order valence-electron chi connectivity index (χ3n) is 3.00. The Morgan fingerprint density at radius 1 is 1.14 bits per heavy atom. The molecule has 0 unspecified atom stereocenters. The monoisotopic (exact) mass is 383 g/mol. The van der Waals surface area contributed by atoms with E-state index in [1.807, 2.05) is 0 Å². The molecule has 7 heteroatoms. The molecule has 0 heterocycles. The number of nitrogens with one attached hydrogen (secondary N) is 1. The van der Waals surface area contributed by atoms with Crippen molar-refractivity contribution in [2.45, 2.75) is 11.8 Å². The van der Waals surface area contributed by atoms with Crippen molar-refractivity contribution in [1.82, 2.24) is 0 Å². The number of carbonyl (C=O) groups is 1. The van der Waals surface area contributed by atoms with E-state index in [0.29, 0.717) is 11.3 Å². The predicted molar refractivity (Wildman–Crippen MR) is 87.5 cm³/mol. The van der Waals surface area contributed by atoms with E-state index in [9.17, 15) is 13.2 Å². The topological polar surface area (TPSA) is 72.5 Å². The van der Waals surface area contributed by atoms with Gasteiger partial charge in [-0.25, -0.2) is 13.2 Å². The number of aryl methyl sites for hydroxylation is 1. The Labute approximate surface area is 137 Å². The third-order valence-corrected chi connectivity index (χ3v) is 5.05. The minimum atomic E-state index is -3.79. The second-order valence-corrected chi connectivity index (χ2v) is 7.15. The van der Waals surface area contributed by atoms with Crippen LogP contribution in [0.15, 0.2) is 51.8 Å². The average molecular weight is 384 g/mol. The Balaban J connectivity index is 2.40. The molecule has 0 aliphatic heterocycles. The van der Waals surface area contributed by atoms with Gasteiger partial charge in [0, 0.05) is 10.2 Å². The van der Waals surface area contributed by atoms with Gasteiger partial charge in [0.2, 0.25) is 0 Å². The van der Waals surface area contributed by atoms with E-state index in [1.54, 1.807) is 37.3 Å². The maximum atomic E-state index is 12.5. The molecule has 0 atom stereocenters. The van der Waals surface area contributed by atoms with Crippen molar-refractivity contribution in [3.8, 4) is 0 Å². The number of ether oxygens (including phenoxy) is 1. The van der Waals surface area contributed by atoms with Crippen LogP contribution in [0, 0.1) is 6.92 Å². The highest BCUT2D eigenvalue weighted by atomic mass is 79.9. The van der Waals surface area contributed by atoms with Gasteiger partial charge in [-0.15, -0.1) is 0 Å². The summed E-state index contributed by atoms with van der Waals surface area (Å²) in [5, 5.41) is 0. The smallest absolute Gasteiger partial charge is 0.337 e. The van der Waals surface area contributed by atoms with Crippen molar-refractivity contribution in [3.05, 3.63) is 58.1 Å².